The summed E-state index contributed by atoms with van der Waals surface area (Å²) in [5, 5.41) is 2.81. The predicted octanol–water partition coefficient (Wildman–Crippen LogP) is 2.16. The van der Waals surface area contributed by atoms with Crippen LogP contribution >= 0.6 is 23.2 Å². The summed E-state index contributed by atoms with van der Waals surface area (Å²) in [5.74, 6) is 0.463. The van der Waals surface area contributed by atoms with Crippen LogP contribution in [0, 0.1) is 0 Å². The number of carbonyl (C=O) groups is 1. The van der Waals surface area contributed by atoms with Gasteiger partial charge in [-0.05, 0) is 12.8 Å². The lowest BCUT2D eigenvalue weighted by molar-refractivity contribution is -0.127. The van der Waals surface area contributed by atoms with Crippen LogP contribution in [0.4, 0.5) is 0 Å². The first-order valence-electron chi connectivity index (χ1n) is 5.14. The quantitative estimate of drug-likeness (QED) is 0.534. The Bertz CT molecular complexity index is 176. The smallest absolute Gasteiger partial charge is 0.246 e. The lowest BCUT2D eigenvalue weighted by Crippen LogP contribution is -2.52. The highest BCUT2D eigenvalue weighted by Gasteiger charge is 2.27. The molecule has 0 aromatic rings. The molecule has 0 radical (unpaired) electrons. The van der Waals surface area contributed by atoms with Gasteiger partial charge in [0, 0.05) is 18.4 Å². The summed E-state index contributed by atoms with van der Waals surface area (Å²) in [6.07, 6.45) is 1.61. The lowest BCUT2D eigenvalue weighted by atomic mass is 10.0. The third kappa shape index (κ3) is 5.59. The molecular formula is C10H19Cl2NO2. The number of alkyl halides is 2. The zero-order valence-electron chi connectivity index (χ0n) is 9.32. The molecule has 0 spiro atoms. The molecule has 0 aliphatic carbocycles. The molecule has 1 amide bonds. The molecule has 0 saturated carbocycles. The fraction of sp³-hybridized carbons (Fsp3) is 0.900. The van der Waals surface area contributed by atoms with Crippen molar-refractivity contribution in [3.05, 3.63) is 0 Å². The van der Waals surface area contributed by atoms with Crippen molar-refractivity contribution in [2.45, 2.75) is 32.2 Å². The van der Waals surface area contributed by atoms with E-state index in [1.54, 1.807) is 0 Å². The maximum absolute atomic E-state index is 11.5. The summed E-state index contributed by atoms with van der Waals surface area (Å²) in [6.45, 7) is 4.60. The molecule has 0 aromatic carbocycles. The maximum Gasteiger partial charge on any atom is 0.246 e. The van der Waals surface area contributed by atoms with Crippen LogP contribution in [0.5, 0.6) is 0 Å². The van der Waals surface area contributed by atoms with E-state index in [0.717, 1.165) is 6.42 Å². The van der Waals surface area contributed by atoms with Crippen molar-refractivity contribution in [2.75, 3.05) is 25.0 Å². The number of hydrogen-bond acceptors (Lipinski definition) is 2. The van der Waals surface area contributed by atoms with Gasteiger partial charge in [0.15, 0.2) is 0 Å². The summed E-state index contributed by atoms with van der Waals surface area (Å²) >= 11 is 11.6. The van der Waals surface area contributed by atoms with Crippen LogP contribution in [-0.4, -0.2) is 36.4 Å². The van der Waals surface area contributed by atoms with Crippen LogP contribution < -0.4 is 5.32 Å². The lowest BCUT2D eigenvalue weighted by Gasteiger charge is -2.29. The Morgan fingerprint density at radius 3 is 2.33 bits per heavy atom. The number of carbonyl (C=O) groups excluding carboxylic acids is 1. The molecular weight excluding hydrogens is 237 g/mol. The number of amides is 1. The van der Waals surface area contributed by atoms with Crippen molar-refractivity contribution in [1.29, 1.82) is 0 Å². The number of ether oxygens (including phenoxy) is 1. The molecule has 0 rings (SSSR count). The van der Waals surface area contributed by atoms with E-state index in [4.69, 9.17) is 27.9 Å². The second-order valence-electron chi connectivity index (χ2n) is 3.50. The van der Waals surface area contributed by atoms with Gasteiger partial charge in [-0.15, -0.1) is 23.2 Å². The largest absolute Gasteiger partial charge is 0.372 e. The van der Waals surface area contributed by atoms with Crippen molar-refractivity contribution in [2.24, 2.45) is 0 Å². The zero-order valence-corrected chi connectivity index (χ0v) is 10.8. The predicted molar refractivity (Wildman–Crippen MR) is 63.7 cm³/mol. The first-order chi connectivity index (χ1) is 7.14. The third-order valence-corrected chi connectivity index (χ3v) is 3.20. The minimum Gasteiger partial charge on any atom is -0.372 e. The van der Waals surface area contributed by atoms with Gasteiger partial charge in [-0.2, -0.15) is 0 Å². The van der Waals surface area contributed by atoms with Crippen molar-refractivity contribution in [3.63, 3.8) is 0 Å². The molecule has 90 valence electrons. The topological polar surface area (TPSA) is 38.3 Å². The number of halogens is 2. The van der Waals surface area contributed by atoms with Crippen molar-refractivity contribution >= 4 is 29.1 Å². The monoisotopic (exact) mass is 255 g/mol. The number of nitrogens with one attached hydrogen (secondary N) is 1. The van der Waals surface area contributed by atoms with E-state index in [9.17, 15) is 4.79 Å². The molecule has 0 fully saturated rings. The minimum atomic E-state index is -0.504. The average molecular weight is 256 g/mol. The number of hydrogen-bond donors (Lipinski definition) is 1. The molecule has 0 aliphatic heterocycles. The van der Waals surface area contributed by atoms with Crippen LogP contribution in [0.15, 0.2) is 0 Å². The van der Waals surface area contributed by atoms with E-state index < -0.39 is 5.54 Å². The summed E-state index contributed by atoms with van der Waals surface area (Å²) in [4.78, 5) is 11.5. The van der Waals surface area contributed by atoms with Crippen LogP contribution in [0.1, 0.15) is 26.7 Å². The van der Waals surface area contributed by atoms with Gasteiger partial charge in [0.2, 0.25) is 5.91 Å². The molecule has 5 heteroatoms. The molecule has 0 unspecified atom stereocenters. The van der Waals surface area contributed by atoms with Gasteiger partial charge in [0.05, 0.1) is 5.54 Å². The Balaban J connectivity index is 4.00. The second-order valence-corrected chi connectivity index (χ2v) is 4.04. The minimum absolute atomic E-state index is 0.0728. The van der Waals surface area contributed by atoms with Crippen LogP contribution in [-0.2, 0) is 9.53 Å². The summed E-state index contributed by atoms with van der Waals surface area (Å²) in [7, 11) is 0. The van der Waals surface area contributed by atoms with Crippen molar-refractivity contribution in [3.8, 4) is 0 Å². The molecule has 0 atom stereocenters. The highest BCUT2D eigenvalue weighted by molar-refractivity contribution is 6.22. The fourth-order valence-electron chi connectivity index (χ4n) is 1.02. The standard InChI is InChI=1S/C10H19Cl2NO2/c1-3-5-15-6-9(14)13-10(4-2,7-11)8-12/h3-8H2,1-2H3,(H,13,14). The van der Waals surface area contributed by atoms with Gasteiger partial charge in [0.1, 0.15) is 6.61 Å². The molecule has 0 aromatic heterocycles. The van der Waals surface area contributed by atoms with Crippen LogP contribution in [0.2, 0.25) is 0 Å². The third-order valence-electron chi connectivity index (χ3n) is 2.17. The van der Waals surface area contributed by atoms with Crippen LogP contribution in [0.25, 0.3) is 0 Å². The highest BCUT2D eigenvalue weighted by atomic mass is 35.5. The van der Waals surface area contributed by atoms with Gasteiger partial charge in [-0.25, -0.2) is 0 Å². The van der Waals surface area contributed by atoms with Gasteiger partial charge >= 0.3 is 0 Å². The van der Waals surface area contributed by atoms with E-state index in [2.05, 4.69) is 5.32 Å². The van der Waals surface area contributed by atoms with Gasteiger partial charge in [-0.1, -0.05) is 13.8 Å². The van der Waals surface area contributed by atoms with Crippen LogP contribution in [0.3, 0.4) is 0 Å². The fourth-order valence-corrected chi connectivity index (χ4v) is 1.82. The van der Waals surface area contributed by atoms with Gasteiger partial charge < -0.3 is 10.1 Å². The van der Waals surface area contributed by atoms with Gasteiger partial charge in [0.25, 0.3) is 0 Å². The van der Waals surface area contributed by atoms with Crippen molar-refractivity contribution < 1.29 is 9.53 Å². The first kappa shape index (κ1) is 15.0. The Hall–Kier alpha value is 0.01000. The van der Waals surface area contributed by atoms with Crippen molar-refractivity contribution in [1.82, 2.24) is 5.32 Å². The number of rotatable bonds is 8. The summed E-state index contributed by atoms with van der Waals surface area (Å²) in [6, 6.07) is 0. The average Bonchev–Trinajstić information content (AvgIpc) is 2.26. The molecule has 3 nitrogen and oxygen atoms in total. The molecule has 0 aliphatic rings. The Morgan fingerprint density at radius 1 is 1.33 bits per heavy atom. The summed E-state index contributed by atoms with van der Waals surface area (Å²) < 4.78 is 5.13. The molecule has 0 heterocycles. The van der Waals surface area contributed by atoms with Gasteiger partial charge in [-0.3, -0.25) is 4.79 Å². The Labute approximate surface area is 101 Å². The first-order valence-corrected chi connectivity index (χ1v) is 6.21. The maximum atomic E-state index is 11.5. The zero-order chi connectivity index (χ0) is 11.7. The highest BCUT2D eigenvalue weighted by Crippen LogP contribution is 2.14. The normalized spacial score (nSPS) is 11.5. The van der Waals surface area contributed by atoms with E-state index in [0.29, 0.717) is 24.8 Å². The molecule has 0 bridgehead atoms. The van der Waals surface area contributed by atoms with E-state index in [-0.39, 0.29) is 12.5 Å². The Kier molecular flexibility index (Phi) is 8.20. The van der Waals surface area contributed by atoms with E-state index in [1.807, 2.05) is 13.8 Å². The van der Waals surface area contributed by atoms with E-state index in [1.165, 1.54) is 0 Å². The van der Waals surface area contributed by atoms with E-state index >= 15 is 0 Å². The Morgan fingerprint density at radius 2 is 1.93 bits per heavy atom. The molecule has 1 N–H and O–H groups in total. The SMILES string of the molecule is CCCOCC(=O)NC(CC)(CCl)CCl. The summed E-state index contributed by atoms with van der Waals surface area (Å²) in [5.41, 5.74) is -0.504. The molecule has 15 heavy (non-hydrogen) atoms. The second kappa shape index (κ2) is 8.20. The molecule has 0 saturated heterocycles.